The predicted octanol–water partition coefficient (Wildman–Crippen LogP) is 7.39. The minimum absolute atomic E-state index is 0.219. The fraction of sp³-hybridized carbons (Fsp3) is 0.607. The molecule has 0 aliphatic heterocycles. The molecule has 0 spiro atoms. The molecule has 0 amide bonds. The number of Topliss-reactive ketones (excluding diaryl/α,β-unsaturated/α-hetero) is 1. The summed E-state index contributed by atoms with van der Waals surface area (Å²) in [5.74, 6) is 2.72. The standard InChI is InChI=1S/C28H40O2/c1-19(2)8-7-9-21(4)25-14-15-26-24(27(29)16-17-28(25,26)5)13-11-22-18-23(30-6)12-10-20(22)3/h8,10,12,18,21,25H,7,9,11,13-17H2,1-6H3/t21-,25-,28-/m1/s1. The fourth-order valence-corrected chi connectivity index (χ4v) is 5.99. The largest absolute Gasteiger partial charge is 0.497 e. The Morgan fingerprint density at radius 3 is 2.73 bits per heavy atom. The Balaban J connectivity index is 1.79. The maximum Gasteiger partial charge on any atom is 0.158 e. The highest BCUT2D eigenvalue weighted by Gasteiger charge is 2.48. The van der Waals surface area contributed by atoms with E-state index >= 15 is 0 Å². The number of carbonyl (C=O) groups excluding carboxylic acids is 1. The van der Waals surface area contributed by atoms with Gasteiger partial charge in [0, 0.05) is 6.42 Å². The molecule has 0 bridgehead atoms. The number of methoxy groups -OCH3 is 1. The molecule has 164 valence electrons. The Morgan fingerprint density at radius 2 is 2.03 bits per heavy atom. The van der Waals surface area contributed by atoms with Crippen LogP contribution in [0.4, 0.5) is 0 Å². The average molecular weight is 409 g/mol. The van der Waals surface area contributed by atoms with Crippen molar-refractivity contribution in [1.29, 1.82) is 0 Å². The molecule has 0 heterocycles. The SMILES string of the molecule is COc1ccc(C)c(CCC2=C3CC[C@H]([C@H](C)CCC=C(C)C)[C@@]3(C)CCC2=O)c1. The molecular weight excluding hydrogens is 368 g/mol. The number of ketones is 1. The molecule has 1 fully saturated rings. The van der Waals surface area contributed by atoms with Crippen LogP contribution in [0.3, 0.4) is 0 Å². The van der Waals surface area contributed by atoms with E-state index in [0.29, 0.717) is 17.6 Å². The van der Waals surface area contributed by atoms with Gasteiger partial charge in [0.25, 0.3) is 0 Å². The van der Waals surface area contributed by atoms with Crippen LogP contribution in [0.15, 0.2) is 41.0 Å². The molecule has 0 aromatic heterocycles. The molecular formula is C28H40O2. The minimum Gasteiger partial charge on any atom is -0.497 e. The van der Waals surface area contributed by atoms with E-state index in [4.69, 9.17) is 4.74 Å². The molecule has 2 aliphatic rings. The lowest BCUT2D eigenvalue weighted by Crippen LogP contribution is -2.33. The molecule has 0 radical (unpaired) electrons. The highest BCUT2D eigenvalue weighted by Crippen LogP contribution is 2.57. The molecule has 0 N–H and O–H groups in total. The van der Waals surface area contributed by atoms with Crippen molar-refractivity contribution >= 4 is 5.78 Å². The van der Waals surface area contributed by atoms with Gasteiger partial charge >= 0.3 is 0 Å². The fourth-order valence-electron chi connectivity index (χ4n) is 5.99. The first-order valence-corrected chi connectivity index (χ1v) is 11.8. The van der Waals surface area contributed by atoms with Crippen molar-refractivity contribution in [1.82, 2.24) is 0 Å². The van der Waals surface area contributed by atoms with Crippen LogP contribution in [0, 0.1) is 24.2 Å². The summed E-state index contributed by atoms with van der Waals surface area (Å²) in [6.45, 7) is 11.4. The van der Waals surface area contributed by atoms with Gasteiger partial charge in [0.15, 0.2) is 5.78 Å². The topological polar surface area (TPSA) is 26.3 Å². The number of hydrogen-bond donors (Lipinski definition) is 0. The van der Waals surface area contributed by atoms with Crippen molar-refractivity contribution in [3.63, 3.8) is 0 Å². The van der Waals surface area contributed by atoms with E-state index in [1.807, 2.05) is 6.07 Å². The van der Waals surface area contributed by atoms with Gasteiger partial charge in [-0.25, -0.2) is 0 Å². The number of carbonyl (C=O) groups is 1. The van der Waals surface area contributed by atoms with Gasteiger partial charge in [0.05, 0.1) is 7.11 Å². The van der Waals surface area contributed by atoms with Crippen LogP contribution in [0.5, 0.6) is 5.75 Å². The van der Waals surface area contributed by atoms with Crippen molar-refractivity contribution in [2.45, 2.75) is 86.0 Å². The van der Waals surface area contributed by atoms with Crippen LogP contribution in [0.25, 0.3) is 0 Å². The molecule has 2 aliphatic carbocycles. The predicted molar refractivity (Wildman–Crippen MR) is 126 cm³/mol. The van der Waals surface area contributed by atoms with Crippen LogP contribution in [-0.2, 0) is 11.2 Å². The first-order chi connectivity index (χ1) is 14.3. The second kappa shape index (κ2) is 9.54. The van der Waals surface area contributed by atoms with Crippen molar-refractivity contribution in [2.75, 3.05) is 7.11 Å². The van der Waals surface area contributed by atoms with E-state index < -0.39 is 0 Å². The molecule has 3 atom stereocenters. The van der Waals surface area contributed by atoms with Gasteiger partial charge in [-0.15, -0.1) is 0 Å². The highest BCUT2D eigenvalue weighted by atomic mass is 16.5. The number of fused-ring (bicyclic) bond motifs is 1. The molecule has 1 saturated carbocycles. The first-order valence-electron chi connectivity index (χ1n) is 11.8. The Hall–Kier alpha value is -1.83. The summed E-state index contributed by atoms with van der Waals surface area (Å²) in [5, 5.41) is 0. The van der Waals surface area contributed by atoms with Crippen molar-refractivity contribution in [3.8, 4) is 5.75 Å². The zero-order valence-electron chi connectivity index (χ0n) is 19.9. The minimum atomic E-state index is 0.219. The smallest absolute Gasteiger partial charge is 0.158 e. The number of benzene rings is 1. The average Bonchev–Trinajstić information content (AvgIpc) is 3.05. The molecule has 1 aromatic rings. The second-order valence-corrected chi connectivity index (χ2v) is 10.1. The Bertz CT molecular complexity index is 840. The summed E-state index contributed by atoms with van der Waals surface area (Å²) in [7, 11) is 1.71. The van der Waals surface area contributed by atoms with E-state index in [1.165, 1.54) is 41.5 Å². The molecule has 30 heavy (non-hydrogen) atoms. The Morgan fingerprint density at radius 1 is 1.27 bits per heavy atom. The van der Waals surface area contributed by atoms with Crippen LogP contribution in [0.2, 0.25) is 0 Å². The summed E-state index contributed by atoms with van der Waals surface area (Å²) < 4.78 is 5.41. The van der Waals surface area contributed by atoms with Gasteiger partial charge < -0.3 is 4.74 Å². The maximum absolute atomic E-state index is 12.9. The Kier molecular flexibility index (Phi) is 7.26. The first kappa shape index (κ1) is 22.8. The summed E-state index contributed by atoms with van der Waals surface area (Å²) >= 11 is 0. The van der Waals surface area contributed by atoms with E-state index in [0.717, 1.165) is 43.4 Å². The van der Waals surface area contributed by atoms with E-state index in [1.54, 1.807) is 7.11 Å². The third-order valence-corrected chi connectivity index (χ3v) is 7.85. The van der Waals surface area contributed by atoms with Gasteiger partial charge in [0.1, 0.15) is 5.75 Å². The van der Waals surface area contributed by atoms with Gasteiger partial charge in [-0.05, 0) is 112 Å². The van der Waals surface area contributed by atoms with Crippen molar-refractivity contribution < 1.29 is 9.53 Å². The second-order valence-electron chi connectivity index (χ2n) is 10.1. The summed E-state index contributed by atoms with van der Waals surface area (Å²) in [4.78, 5) is 12.9. The summed E-state index contributed by atoms with van der Waals surface area (Å²) in [6, 6.07) is 6.27. The zero-order chi connectivity index (χ0) is 21.9. The maximum atomic E-state index is 12.9. The van der Waals surface area contributed by atoms with Gasteiger partial charge in [-0.2, -0.15) is 0 Å². The normalized spacial score (nSPS) is 24.6. The molecule has 3 rings (SSSR count). The molecule has 1 aromatic carbocycles. The Labute approximate surface area is 183 Å². The van der Waals surface area contributed by atoms with E-state index in [9.17, 15) is 4.79 Å². The zero-order valence-corrected chi connectivity index (χ0v) is 19.9. The number of allylic oxidation sites excluding steroid dienone is 4. The number of ether oxygens (including phenoxy) is 1. The van der Waals surface area contributed by atoms with Gasteiger partial charge in [0.2, 0.25) is 0 Å². The van der Waals surface area contributed by atoms with Crippen LogP contribution >= 0.6 is 0 Å². The van der Waals surface area contributed by atoms with E-state index in [2.05, 4.69) is 52.8 Å². The molecule has 2 heteroatoms. The van der Waals surface area contributed by atoms with Crippen LogP contribution < -0.4 is 4.74 Å². The van der Waals surface area contributed by atoms with Crippen LogP contribution in [0.1, 0.15) is 83.8 Å². The molecule has 0 saturated heterocycles. The quantitative estimate of drug-likeness (QED) is 0.419. The van der Waals surface area contributed by atoms with Crippen molar-refractivity contribution in [2.24, 2.45) is 17.3 Å². The van der Waals surface area contributed by atoms with Crippen LogP contribution in [-0.4, -0.2) is 12.9 Å². The number of aryl methyl sites for hydroxylation is 2. The summed E-state index contributed by atoms with van der Waals surface area (Å²) in [6.07, 6.45) is 10.7. The number of hydrogen-bond acceptors (Lipinski definition) is 2. The van der Waals surface area contributed by atoms with Crippen molar-refractivity contribution in [3.05, 3.63) is 52.1 Å². The monoisotopic (exact) mass is 408 g/mol. The highest BCUT2D eigenvalue weighted by molar-refractivity contribution is 5.97. The lowest BCUT2D eigenvalue weighted by molar-refractivity contribution is -0.117. The summed E-state index contributed by atoms with van der Waals surface area (Å²) in [5.41, 5.74) is 6.87. The number of rotatable bonds is 8. The lowest BCUT2D eigenvalue weighted by Gasteiger charge is -2.40. The van der Waals surface area contributed by atoms with E-state index in [-0.39, 0.29) is 5.41 Å². The third-order valence-electron chi connectivity index (χ3n) is 7.85. The molecule has 0 unspecified atom stereocenters. The van der Waals surface area contributed by atoms with Gasteiger partial charge in [-0.3, -0.25) is 4.79 Å². The third kappa shape index (κ3) is 4.74. The molecule has 2 nitrogen and oxygen atoms in total. The van der Waals surface area contributed by atoms with Gasteiger partial charge in [-0.1, -0.05) is 37.1 Å². The lowest BCUT2D eigenvalue weighted by atomic mass is 9.64.